The van der Waals surface area contributed by atoms with Crippen molar-refractivity contribution in [2.45, 2.75) is 25.8 Å². The zero-order valence-electron chi connectivity index (χ0n) is 31.4. The van der Waals surface area contributed by atoms with E-state index in [-0.39, 0.29) is 5.04 Å². The summed E-state index contributed by atoms with van der Waals surface area (Å²) in [6, 6.07) is 74.3. The van der Waals surface area contributed by atoms with Gasteiger partial charge in [-0.1, -0.05) is 178 Å². The Morgan fingerprint density at radius 3 is 1.56 bits per heavy atom. The molecule has 0 aliphatic heterocycles. The predicted octanol–water partition coefficient (Wildman–Crippen LogP) is 11.8. The van der Waals surface area contributed by atoms with Crippen molar-refractivity contribution < 1.29 is 0 Å². The molecule has 0 unspecified atom stereocenters. The quantitative estimate of drug-likeness (QED) is 0.119. The molecular formula is C52H42N2Si. The maximum Gasteiger partial charge on any atom is 0.153 e. The normalized spacial score (nSPS) is 12.3. The van der Waals surface area contributed by atoms with Crippen molar-refractivity contribution in [3.05, 3.63) is 200 Å². The molecule has 0 bridgehead atoms. The van der Waals surface area contributed by atoms with Crippen LogP contribution in [0.2, 0.25) is 5.04 Å². The minimum Gasteiger partial charge on any atom is -0.309 e. The van der Waals surface area contributed by atoms with Gasteiger partial charge in [0.15, 0.2) is 8.07 Å². The van der Waals surface area contributed by atoms with E-state index in [2.05, 4.69) is 230 Å². The predicted molar refractivity (Wildman–Crippen MR) is 238 cm³/mol. The van der Waals surface area contributed by atoms with Crippen LogP contribution < -0.4 is 15.6 Å². The van der Waals surface area contributed by atoms with Crippen molar-refractivity contribution in [1.29, 1.82) is 0 Å². The van der Waals surface area contributed by atoms with Gasteiger partial charge in [0.25, 0.3) is 0 Å². The fourth-order valence-electron chi connectivity index (χ4n) is 9.56. The van der Waals surface area contributed by atoms with Gasteiger partial charge in [-0.2, -0.15) is 0 Å². The van der Waals surface area contributed by atoms with Crippen LogP contribution in [0.5, 0.6) is 0 Å². The number of para-hydroxylation sites is 2. The Balaban J connectivity index is 1.29. The number of fused-ring (bicyclic) bond motifs is 6. The van der Waals surface area contributed by atoms with E-state index in [1.54, 1.807) is 0 Å². The summed E-state index contributed by atoms with van der Waals surface area (Å²) in [7, 11) is -2.60. The number of nitrogens with zero attached hydrogens (tertiary/aromatic N) is 2. The molecule has 55 heavy (non-hydrogen) atoms. The summed E-state index contributed by atoms with van der Waals surface area (Å²) in [6.07, 6.45) is 0. The first-order chi connectivity index (χ1) is 26.9. The second-order valence-electron chi connectivity index (χ2n) is 15.8. The Labute approximate surface area is 323 Å². The fourth-order valence-corrected chi connectivity index (χ4v) is 15.2. The molecule has 2 aromatic heterocycles. The molecule has 0 fully saturated rings. The van der Waals surface area contributed by atoms with Gasteiger partial charge in [-0.25, -0.2) is 0 Å². The first-order valence-electron chi connectivity index (χ1n) is 19.3. The maximum absolute atomic E-state index is 2.60. The molecule has 0 saturated carbocycles. The van der Waals surface area contributed by atoms with Gasteiger partial charge in [0.05, 0.1) is 27.8 Å². The Morgan fingerprint density at radius 2 is 0.891 bits per heavy atom. The lowest BCUT2D eigenvalue weighted by Crippen LogP contribution is -2.72. The van der Waals surface area contributed by atoms with Crippen LogP contribution in [-0.2, 0) is 0 Å². The lowest BCUT2D eigenvalue weighted by Gasteiger charge is -2.44. The Bertz CT molecular complexity index is 2960. The lowest BCUT2D eigenvalue weighted by atomic mass is 10.1. The third kappa shape index (κ3) is 5.07. The Hall–Kier alpha value is -6.42. The first kappa shape index (κ1) is 33.2. The highest BCUT2D eigenvalue weighted by Gasteiger charge is 2.49. The number of benzene rings is 8. The maximum atomic E-state index is 2.55. The lowest BCUT2D eigenvalue weighted by molar-refractivity contribution is 0.739. The monoisotopic (exact) mass is 722 g/mol. The van der Waals surface area contributed by atoms with E-state index in [0.29, 0.717) is 0 Å². The van der Waals surface area contributed by atoms with Gasteiger partial charge in [-0.3, -0.25) is 0 Å². The van der Waals surface area contributed by atoms with Crippen molar-refractivity contribution in [1.82, 2.24) is 9.13 Å². The van der Waals surface area contributed by atoms with Crippen LogP contribution >= 0.6 is 0 Å². The summed E-state index contributed by atoms with van der Waals surface area (Å²) in [5, 5.41) is 9.28. The highest BCUT2D eigenvalue weighted by molar-refractivity contribution is 7.13. The molecule has 0 saturated heterocycles. The first-order valence-corrected chi connectivity index (χ1v) is 21.3. The van der Waals surface area contributed by atoms with E-state index in [0.717, 1.165) is 5.69 Å². The van der Waals surface area contributed by atoms with Gasteiger partial charge in [-0.05, 0) is 74.2 Å². The molecule has 3 heteroatoms. The number of hydrogen-bond donors (Lipinski definition) is 0. The van der Waals surface area contributed by atoms with Gasteiger partial charge in [0.2, 0.25) is 0 Å². The highest BCUT2D eigenvalue weighted by Crippen LogP contribution is 2.41. The highest BCUT2D eigenvalue weighted by atomic mass is 28.3. The van der Waals surface area contributed by atoms with E-state index in [4.69, 9.17) is 0 Å². The van der Waals surface area contributed by atoms with Crippen LogP contribution in [0.15, 0.2) is 200 Å². The van der Waals surface area contributed by atoms with Crippen molar-refractivity contribution in [2.75, 3.05) is 0 Å². The third-order valence-electron chi connectivity index (χ3n) is 11.8. The molecule has 10 aromatic rings. The molecule has 2 heterocycles. The molecule has 0 amide bonds. The second kappa shape index (κ2) is 12.9. The second-order valence-corrected chi connectivity index (χ2v) is 20.5. The zero-order chi connectivity index (χ0) is 37.1. The summed E-state index contributed by atoms with van der Waals surface area (Å²) in [4.78, 5) is 0. The molecule has 0 aliphatic carbocycles. The molecule has 264 valence electrons. The van der Waals surface area contributed by atoms with Gasteiger partial charge in [-0.15, -0.1) is 0 Å². The van der Waals surface area contributed by atoms with E-state index in [9.17, 15) is 0 Å². The summed E-state index contributed by atoms with van der Waals surface area (Å²) in [5.74, 6) is 0. The average Bonchev–Trinajstić information content (AvgIpc) is 3.75. The topological polar surface area (TPSA) is 9.86 Å². The van der Waals surface area contributed by atoms with Crippen molar-refractivity contribution in [3.63, 3.8) is 0 Å². The van der Waals surface area contributed by atoms with Gasteiger partial charge < -0.3 is 9.13 Å². The molecule has 0 atom stereocenters. The molecule has 0 aliphatic rings. The standard InChI is InChI=1S/C52H42N2Si/c1-52(2,3)55(40-23-9-5-10-24-40,41-25-11-6-12-26-41)42-33-34-44-43-27-13-15-29-46(43)54(50(44)36-42)49-32-18-31-48-51(49)45-28-14-16-30-47(45)53(48)39-22-17-21-38(35-39)37-19-7-4-8-20-37/h4-36H,1-3H3. The molecule has 0 spiro atoms. The van der Waals surface area contributed by atoms with Gasteiger partial charge >= 0.3 is 0 Å². The van der Waals surface area contributed by atoms with Crippen molar-refractivity contribution in [2.24, 2.45) is 0 Å². The van der Waals surface area contributed by atoms with Crippen LogP contribution in [-0.4, -0.2) is 17.2 Å². The Kier molecular flexibility index (Phi) is 7.76. The molecule has 0 N–H and O–H groups in total. The summed E-state index contributed by atoms with van der Waals surface area (Å²) < 4.78 is 4.99. The van der Waals surface area contributed by atoms with Crippen LogP contribution in [0.1, 0.15) is 20.8 Å². The van der Waals surface area contributed by atoms with E-state index >= 15 is 0 Å². The largest absolute Gasteiger partial charge is 0.309 e. The van der Waals surface area contributed by atoms with Crippen LogP contribution in [0.3, 0.4) is 0 Å². The van der Waals surface area contributed by atoms with Crippen LogP contribution in [0.25, 0.3) is 66.1 Å². The molecular weight excluding hydrogens is 681 g/mol. The summed E-state index contributed by atoms with van der Waals surface area (Å²) >= 11 is 0. The van der Waals surface area contributed by atoms with Gasteiger partial charge in [0.1, 0.15) is 0 Å². The van der Waals surface area contributed by atoms with Crippen LogP contribution in [0, 0.1) is 0 Å². The number of hydrogen-bond acceptors (Lipinski definition) is 0. The average molecular weight is 723 g/mol. The third-order valence-corrected chi connectivity index (χ3v) is 17.6. The van der Waals surface area contributed by atoms with Crippen LogP contribution in [0.4, 0.5) is 0 Å². The minimum absolute atomic E-state index is 0.0258. The van der Waals surface area contributed by atoms with E-state index in [1.165, 1.54) is 76.0 Å². The SMILES string of the molecule is CC(C)(C)[Si](c1ccccc1)(c1ccccc1)c1ccc2c3ccccc3n(-c3cccc4c3c3ccccc3n4-c3cccc(-c4ccccc4)c3)c2c1. The minimum atomic E-state index is -2.60. The fraction of sp³-hybridized carbons (Fsp3) is 0.0769. The summed E-state index contributed by atoms with van der Waals surface area (Å²) in [5.41, 5.74) is 9.61. The smallest absolute Gasteiger partial charge is 0.153 e. The molecule has 2 nitrogen and oxygen atoms in total. The summed E-state index contributed by atoms with van der Waals surface area (Å²) in [6.45, 7) is 7.34. The molecule has 10 rings (SSSR count). The van der Waals surface area contributed by atoms with Crippen molar-refractivity contribution >= 4 is 67.2 Å². The van der Waals surface area contributed by atoms with E-state index < -0.39 is 8.07 Å². The number of aromatic nitrogens is 2. The van der Waals surface area contributed by atoms with Crippen molar-refractivity contribution in [3.8, 4) is 22.5 Å². The van der Waals surface area contributed by atoms with Gasteiger partial charge in [0, 0.05) is 27.2 Å². The zero-order valence-corrected chi connectivity index (χ0v) is 32.4. The molecule has 0 radical (unpaired) electrons. The Morgan fingerprint density at radius 1 is 0.364 bits per heavy atom. The molecule has 8 aromatic carbocycles. The number of rotatable bonds is 6. The van der Waals surface area contributed by atoms with E-state index in [1.807, 2.05) is 0 Å².